The summed E-state index contributed by atoms with van der Waals surface area (Å²) in [5, 5.41) is 5.13. The summed E-state index contributed by atoms with van der Waals surface area (Å²) in [6.07, 6.45) is 1.13. The second-order valence-corrected chi connectivity index (χ2v) is 8.56. The van der Waals surface area contributed by atoms with Crippen LogP contribution in [0.15, 0.2) is 34.5 Å². The number of fused-ring (bicyclic) bond motifs is 2. The molecule has 4 rings (SSSR count). The number of thioether (sulfide) groups is 1. The van der Waals surface area contributed by atoms with E-state index >= 15 is 0 Å². The monoisotopic (exact) mass is 378 g/mol. The third-order valence-corrected chi connectivity index (χ3v) is 6.81. The number of anilines is 1. The van der Waals surface area contributed by atoms with E-state index in [9.17, 15) is 9.59 Å². The van der Waals surface area contributed by atoms with Crippen molar-refractivity contribution in [2.75, 3.05) is 11.9 Å². The number of nitrogens with one attached hydrogen (secondary N) is 1. The number of rotatable bonds is 2. The van der Waals surface area contributed by atoms with E-state index in [-0.39, 0.29) is 18.2 Å². The molecule has 7 heteroatoms. The molecule has 124 valence electrons. The number of amides is 2. The minimum atomic E-state index is -0.393. The standard InChI is InChI=1S/C17H15ClN2O2S2/c18-11-1-2-14-12(7-11)19-17(22)15(24-14)8-16(21)20-5-3-13-10(9-20)4-6-23-13/h1-2,4,6-7,15H,3,5,8-9H2,(H,19,22). The van der Waals surface area contributed by atoms with E-state index in [0.29, 0.717) is 11.6 Å². The highest BCUT2D eigenvalue weighted by Crippen LogP contribution is 2.38. The average molecular weight is 379 g/mol. The second-order valence-electron chi connectivity index (χ2n) is 5.87. The zero-order chi connectivity index (χ0) is 16.7. The van der Waals surface area contributed by atoms with Gasteiger partial charge in [0.2, 0.25) is 11.8 Å². The molecular formula is C17H15ClN2O2S2. The van der Waals surface area contributed by atoms with Crippen molar-refractivity contribution in [1.29, 1.82) is 0 Å². The molecule has 4 nitrogen and oxygen atoms in total. The lowest BCUT2D eigenvalue weighted by Crippen LogP contribution is -2.39. The van der Waals surface area contributed by atoms with Gasteiger partial charge >= 0.3 is 0 Å². The third-order valence-electron chi connectivity index (χ3n) is 4.28. The Morgan fingerprint density at radius 3 is 3.12 bits per heavy atom. The Bertz CT molecular complexity index is 821. The van der Waals surface area contributed by atoms with Crippen molar-refractivity contribution >= 4 is 52.2 Å². The van der Waals surface area contributed by atoms with Crippen molar-refractivity contribution in [3.05, 3.63) is 45.1 Å². The van der Waals surface area contributed by atoms with Crippen molar-refractivity contribution in [3.8, 4) is 0 Å². The van der Waals surface area contributed by atoms with Gasteiger partial charge in [-0.15, -0.1) is 23.1 Å². The first-order valence-corrected chi connectivity index (χ1v) is 9.84. The van der Waals surface area contributed by atoms with Gasteiger partial charge in [0, 0.05) is 34.3 Å². The van der Waals surface area contributed by atoms with Crippen molar-refractivity contribution in [1.82, 2.24) is 4.90 Å². The van der Waals surface area contributed by atoms with Crippen LogP contribution in [0.1, 0.15) is 16.9 Å². The van der Waals surface area contributed by atoms with Gasteiger partial charge in [0.15, 0.2) is 0 Å². The minimum Gasteiger partial charge on any atom is -0.338 e. The molecule has 2 aliphatic heterocycles. The van der Waals surface area contributed by atoms with Gasteiger partial charge in [-0.1, -0.05) is 11.6 Å². The topological polar surface area (TPSA) is 49.4 Å². The molecule has 2 aromatic rings. The Morgan fingerprint density at radius 1 is 1.38 bits per heavy atom. The van der Waals surface area contributed by atoms with Crippen molar-refractivity contribution < 1.29 is 9.59 Å². The van der Waals surface area contributed by atoms with Gasteiger partial charge in [-0.2, -0.15) is 0 Å². The predicted molar refractivity (Wildman–Crippen MR) is 97.8 cm³/mol. The first kappa shape index (κ1) is 16.0. The van der Waals surface area contributed by atoms with E-state index in [1.54, 1.807) is 23.5 Å². The van der Waals surface area contributed by atoms with Gasteiger partial charge in [0.05, 0.1) is 10.9 Å². The molecule has 2 aliphatic rings. The van der Waals surface area contributed by atoms with Gasteiger partial charge in [0.1, 0.15) is 0 Å². The second kappa shape index (κ2) is 6.43. The summed E-state index contributed by atoms with van der Waals surface area (Å²) in [7, 11) is 0. The predicted octanol–water partition coefficient (Wildman–Crippen LogP) is 3.79. The Morgan fingerprint density at radius 2 is 2.25 bits per heavy atom. The summed E-state index contributed by atoms with van der Waals surface area (Å²) < 4.78 is 0. The number of nitrogens with zero attached hydrogens (tertiary/aromatic N) is 1. The lowest BCUT2D eigenvalue weighted by molar-refractivity contribution is -0.133. The molecule has 0 bridgehead atoms. The Labute approximate surface area is 153 Å². The van der Waals surface area contributed by atoms with Crippen LogP contribution < -0.4 is 5.32 Å². The molecule has 1 N–H and O–H groups in total. The van der Waals surface area contributed by atoms with Crippen LogP contribution in [0.3, 0.4) is 0 Å². The van der Waals surface area contributed by atoms with E-state index in [4.69, 9.17) is 11.6 Å². The zero-order valence-electron chi connectivity index (χ0n) is 12.8. The van der Waals surface area contributed by atoms with Crippen LogP contribution in [0.2, 0.25) is 5.02 Å². The minimum absolute atomic E-state index is 0.0388. The Hall–Kier alpha value is -1.50. The number of hydrogen-bond acceptors (Lipinski definition) is 4. The maximum atomic E-state index is 12.6. The van der Waals surface area contributed by atoms with E-state index in [1.165, 1.54) is 22.2 Å². The fraction of sp³-hybridized carbons (Fsp3) is 0.294. The summed E-state index contributed by atoms with van der Waals surface area (Å²) in [4.78, 5) is 29.1. The average Bonchev–Trinajstić information content (AvgIpc) is 3.03. The molecule has 2 amide bonds. The molecule has 1 aromatic carbocycles. The fourth-order valence-electron chi connectivity index (χ4n) is 3.01. The molecule has 0 spiro atoms. The van der Waals surface area contributed by atoms with Crippen molar-refractivity contribution in [2.45, 2.75) is 29.5 Å². The molecule has 1 atom stereocenters. The van der Waals surface area contributed by atoms with Gasteiger partial charge < -0.3 is 10.2 Å². The quantitative estimate of drug-likeness (QED) is 0.864. The fourth-order valence-corrected chi connectivity index (χ4v) is 5.15. The number of hydrogen-bond donors (Lipinski definition) is 1. The number of carbonyl (C=O) groups excluding carboxylic acids is 2. The summed E-state index contributed by atoms with van der Waals surface area (Å²) in [6, 6.07) is 7.51. The molecular weight excluding hydrogens is 364 g/mol. The smallest absolute Gasteiger partial charge is 0.238 e. The number of thiophene rings is 1. The maximum Gasteiger partial charge on any atom is 0.238 e. The molecule has 3 heterocycles. The van der Waals surface area contributed by atoms with Crippen LogP contribution in [-0.4, -0.2) is 28.5 Å². The summed E-state index contributed by atoms with van der Waals surface area (Å²) in [6.45, 7) is 1.39. The van der Waals surface area contributed by atoms with Crippen LogP contribution >= 0.6 is 34.7 Å². The molecule has 24 heavy (non-hydrogen) atoms. The number of benzene rings is 1. The van der Waals surface area contributed by atoms with Crippen LogP contribution in [0.5, 0.6) is 0 Å². The van der Waals surface area contributed by atoms with Crippen LogP contribution in [0.4, 0.5) is 5.69 Å². The molecule has 0 aliphatic carbocycles. The molecule has 1 aromatic heterocycles. The Kier molecular flexibility index (Phi) is 4.28. The zero-order valence-corrected chi connectivity index (χ0v) is 15.1. The van der Waals surface area contributed by atoms with Gasteiger partial charge in [-0.3, -0.25) is 9.59 Å². The number of halogens is 1. The van der Waals surface area contributed by atoms with Gasteiger partial charge in [0.25, 0.3) is 0 Å². The van der Waals surface area contributed by atoms with Crippen LogP contribution in [0, 0.1) is 0 Å². The SMILES string of the molecule is O=C1Nc2cc(Cl)ccc2SC1CC(=O)N1CCc2sccc2C1. The van der Waals surface area contributed by atoms with Gasteiger partial charge in [-0.25, -0.2) is 0 Å². The summed E-state index contributed by atoms with van der Waals surface area (Å²) in [5.74, 6) is -0.0896. The van der Waals surface area contributed by atoms with E-state index < -0.39 is 5.25 Å². The normalized spacial score (nSPS) is 19.5. The Balaban J connectivity index is 1.45. The lowest BCUT2D eigenvalue weighted by Gasteiger charge is -2.29. The molecule has 0 fully saturated rings. The van der Waals surface area contributed by atoms with E-state index in [2.05, 4.69) is 16.8 Å². The van der Waals surface area contributed by atoms with Crippen molar-refractivity contribution in [2.24, 2.45) is 0 Å². The number of carbonyl (C=O) groups is 2. The van der Waals surface area contributed by atoms with Crippen molar-refractivity contribution in [3.63, 3.8) is 0 Å². The highest BCUT2D eigenvalue weighted by Gasteiger charge is 2.31. The molecule has 0 saturated carbocycles. The maximum absolute atomic E-state index is 12.6. The lowest BCUT2D eigenvalue weighted by atomic mass is 10.1. The summed E-state index contributed by atoms with van der Waals surface area (Å²) in [5.41, 5.74) is 1.96. The first-order chi connectivity index (χ1) is 11.6. The summed E-state index contributed by atoms with van der Waals surface area (Å²) >= 11 is 9.15. The van der Waals surface area contributed by atoms with Gasteiger partial charge in [-0.05, 0) is 41.6 Å². The van der Waals surface area contributed by atoms with E-state index in [0.717, 1.165) is 23.5 Å². The van der Waals surface area contributed by atoms with E-state index in [1.807, 2.05) is 11.0 Å². The highest BCUT2D eigenvalue weighted by molar-refractivity contribution is 8.01. The highest BCUT2D eigenvalue weighted by atomic mass is 35.5. The van der Waals surface area contributed by atoms with Crippen LogP contribution in [-0.2, 0) is 22.6 Å². The third kappa shape index (κ3) is 3.06. The molecule has 0 radical (unpaired) electrons. The van der Waals surface area contributed by atoms with Crippen LogP contribution in [0.25, 0.3) is 0 Å². The molecule has 1 unspecified atom stereocenters. The molecule has 0 saturated heterocycles. The largest absolute Gasteiger partial charge is 0.338 e. The first-order valence-electron chi connectivity index (χ1n) is 7.70.